The van der Waals surface area contributed by atoms with Gasteiger partial charge in [-0.15, -0.1) is 22.7 Å². The lowest BCUT2D eigenvalue weighted by atomic mass is 10.1. The molecule has 2 nitrogen and oxygen atoms in total. The van der Waals surface area contributed by atoms with Crippen molar-refractivity contribution in [3.63, 3.8) is 0 Å². The van der Waals surface area contributed by atoms with Crippen LogP contribution in [0, 0.1) is 6.92 Å². The Bertz CT molecular complexity index is 466. The van der Waals surface area contributed by atoms with Gasteiger partial charge in [0.05, 0.1) is 16.8 Å². The van der Waals surface area contributed by atoms with Gasteiger partial charge < -0.3 is 5.11 Å². The number of aliphatic hydroxyl groups is 1. The minimum Gasteiger partial charge on any atom is -0.392 e. The van der Waals surface area contributed by atoms with E-state index in [2.05, 4.69) is 20.9 Å². The van der Waals surface area contributed by atoms with E-state index < -0.39 is 0 Å². The van der Waals surface area contributed by atoms with Crippen LogP contribution in [0.4, 0.5) is 0 Å². The SMILES string of the molecule is Cc1nc(CC(O)Cc2sccc2Br)cs1. The molecule has 0 aliphatic heterocycles. The minimum absolute atomic E-state index is 0.351. The number of aliphatic hydroxyl groups excluding tert-OH is 1. The van der Waals surface area contributed by atoms with Crippen molar-refractivity contribution in [3.8, 4) is 0 Å². The Morgan fingerprint density at radius 2 is 2.25 bits per heavy atom. The fraction of sp³-hybridized carbons (Fsp3) is 0.364. The predicted molar refractivity (Wildman–Crippen MR) is 72.3 cm³/mol. The molecular weight excluding hydrogens is 306 g/mol. The van der Waals surface area contributed by atoms with Crippen LogP contribution in [0.15, 0.2) is 21.3 Å². The van der Waals surface area contributed by atoms with Gasteiger partial charge >= 0.3 is 0 Å². The molecular formula is C11H12BrNOS2. The Balaban J connectivity index is 1.94. The van der Waals surface area contributed by atoms with Gasteiger partial charge in [0.15, 0.2) is 0 Å². The summed E-state index contributed by atoms with van der Waals surface area (Å²) < 4.78 is 1.09. The third kappa shape index (κ3) is 3.13. The molecule has 2 aromatic rings. The highest BCUT2D eigenvalue weighted by Gasteiger charge is 2.11. The van der Waals surface area contributed by atoms with Crippen LogP contribution in [-0.4, -0.2) is 16.2 Å². The molecule has 16 heavy (non-hydrogen) atoms. The van der Waals surface area contributed by atoms with Gasteiger partial charge in [-0.2, -0.15) is 0 Å². The van der Waals surface area contributed by atoms with Gasteiger partial charge in [0, 0.05) is 27.6 Å². The fourth-order valence-corrected chi connectivity index (χ4v) is 3.71. The van der Waals surface area contributed by atoms with Crippen LogP contribution in [0.25, 0.3) is 0 Å². The van der Waals surface area contributed by atoms with Crippen molar-refractivity contribution in [2.45, 2.75) is 25.9 Å². The maximum atomic E-state index is 9.96. The minimum atomic E-state index is -0.351. The lowest BCUT2D eigenvalue weighted by Gasteiger charge is -2.07. The number of hydrogen-bond acceptors (Lipinski definition) is 4. The van der Waals surface area contributed by atoms with Gasteiger partial charge in [0.2, 0.25) is 0 Å². The van der Waals surface area contributed by atoms with Crippen molar-refractivity contribution in [2.24, 2.45) is 0 Å². The Morgan fingerprint density at radius 1 is 1.44 bits per heavy atom. The zero-order valence-corrected chi connectivity index (χ0v) is 12.0. The Morgan fingerprint density at radius 3 is 2.81 bits per heavy atom. The Hall–Kier alpha value is -0.230. The van der Waals surface area contributed by atoms with E-state index in [1.807, 2.05) is 23.8 Å². The number of aromatic nitrogens is 1. The monoisotopic (exact) mass is 317 g/mol. The average molecular weight is 318 g/mol. The van der Waals surface area contributed by atoms with Crippen molar-refractivity contribution < 1.29 is 5.11 Å². The highest BCUT2D eigenvalue weighted by atomic mass is 79.9. The van der Waals surface area contributed by atoms with E-state index >= 15 is 0 Å². The van der Waals surface area contributed by atoms with Crippen LogP contribution in [0.3, 0.4) is 0 Å². The molecule has 2 heterocycles. The predicted octanol–water partition coefficient (Wildman–Crippen LogP) is 3.42. The zero-order valence-electron chi connectivity index (χ0n) is 8.81. The van der Waals surface area contributed by atoms with Gasteiger partial charge in [0.25, 0.3) is 0 Å². The van der Waals surface area contributed by atoms with E-state index in [-0.39, 0.29) is 6.10 Å². The summed E-state index contributed by atoms with van der Waals surface area (Å²) in [5.41, 5.74) is 0.989. The van der Waals surface area contributed by atoms with Gasteiger partial charge in [-0.3, -0.25) is 0 Å². The third-order valence-corrected chi connectivity index (χ3v) is 4.99. The van der Waals surface area contributed by atoms with Gasteiger partial charge in [-0.1, -0.05) is 0 Å². The summed E-state index contributed by atoms with van der Waals surface area (Å²) in [6.07, 6.45) is 0.972. The van der Waals surface area contributed by atoms with Crippen molar-refractivity contribution in [1.29, 1.82) is 0 Å². The van der Waals surface area contributed by atoms with E-state index in [9.17, 15) is 5.11 Å². The maximum Gasteiger partial charge on any atom is 0.0897 e. The Labute approximate surface area is 111 Å². The van der Waals surface area contributed by atoms with Crippen LogP contribution in [0.2, 0.25) is 0 Å². The van der Waals surface area contributed by atoms with Crippen LogP contribution >= 0.6 is 38.6 Å². The zero-order chi connectivity index (χ0) is 11.5. The summed E-state index contributed by atoms with van der Waals surface area (Å²) in [4.78, 5) is 5.55. The van der Waals surface area contributed by atoms with Crippen LogP contribution in [0.1, 0.15) is 15.6 Å². The topological polar surface area (TPSA) is 33.1 Å². The van der Waals surface area contributed by atoms with Crippen molar-refractivity contribution in [1.82, 2.24) is 4.98 Å². The average Bonchev–Trinajstić information content (AvgIpc) is 2.77. The standard InChI is InChI=1S/C11H12BrNOS2/c1-7-13-8(6-16-7)4-9(14)5-11-10(12)2-3-15-11/h2-3,6,9,14H,4-5H2,1H3. The smallest absolute Gasteiger partial charge is 0.0897 e. The molecule has 0 saturated heterocycles. The van der Waals surface area contributed by atoms with Gasteiger partial charge in [0.1, 0.15) is 0 Å². The number of halogens is 1. The number of aryl methyl sites for hydroxylation is 1. The molecule has 5 heteroatoms. The normalized spacial score (nSPS) is 12.9. The van der Waals surface area contributed by atoms with E-state index in [0.29, 0.717) is 12.8 Å². The largest absolute Gasteiger partial charge is 0.392 e. The van der Waals surface area contributed by atoms with Crippen molar-refractivity contribution >= 4 is 38.6 Å². The molecule has 0 aliphatic rings. The van der Waals surface area contributed by atoms with Crippen LogP contribution in [0.5, 0.6) is 0 Å². The first-order chi connectivity index (χ1) is 7.65. The summed E-state index contributed by atoms with van der Waals surface area (Å²) in [7, 11) is 0. The molecule has 0 spiro atoms. The third-order valence-electron chi connectivity index (χ3n) is 2.22. The summed E-state index contributed by atoms with van der Waals surface area (Å²) >= 11 is 6.77. The first-order valence-electron chi connectivity index (χ1n) is 4.96. The van der Waals surface area contributed by atoms with E-state index in [4.69, 9.17) is 0 Å². The molecule has 0 aliphatic carbocycles. The Kier molecular flexibility index (Phi) is 4.13. The first-order valence-corrected chi connectivity index (χ1v) is 7.51. The molecule has 0 saturated carbocycles. The van der Waals surface area contributed by atoms with Gasteiger partial charge in [-0.25, -0.2) is 4.98 Å². The highest BCUT2D eigenvalue weighted by molar-refractivity contribution is 9.10. The summed E-state index contributed by atoms with van der Waals surface area (Å²) in [5, 5.41) is 15.1. The molecule has 0 amide bonds. The molecule has 2 rings (SSSR count). The van der Waals surface area contributed by atoms with E-state index in [0.717, 1.165) is 15.2 Å². The second kappa shape index (κ2) is 5.40. The quantitative estimate of drug-likeness (QED) is 0.937. The summed E-state index contributed by atoms with van der Waals surface area (Å²) in [6, 6.07) is 2.01. The lowest BCUT2D eigenvalue weighted by Crippen LogP contribution is -2.13. The molecule has 1 N–H and O–H groups in total. The fourth-order valence-electron chi connectivity index (χ4n) is 1.50. The van der Waals surface area contributed by atoms with Crippen molar-refractivity contribution in [2.75, 3.05) is 0 Å². The number of hydrogen-bond donors (Lipinski definition) is 1. The summed E-state index contributed by atoms with van der Waals surface area (Å²) in [5.74, 6) is 0. The number of nitrogens with zero attached hydrogens (tertiary/aromatic N) is 1. The molecule has 0 aromatic carbocycles. The molecule has 0 radical (unpaired) electrons. The van der Waals surface area contributed by atoms with Gasteiger partial charge in [-0.05, 0) is 34.3 Å². The second-order valence-corrected chi connectivity index (χ2v) is 6.53. The van der Waals surface area contributed by atoms with Crippen LogP contribution < -0.4 is 0 Å². The van der Waals surface area contributed by atoms with E-state index in [1.165, 1.54) is 4.88 Å². The maximum absolute atomic E-state index is 9.96. The molecule has 2 aromatic heterocycles. The van der Waals surface area contributed by atoms with Crippen molar-refractivity contribution in [3.05, 3.63) is 36.9 Å². The summed E-state index contributed by atoms with van der Waals surface area (Å²) in [6.45, 7) is 1.98. The molecule has 0 fully saturated rings. The highest BCUT2D eigenvalue weighted by Crippen LogP contribution is 2.24. The van der Waals surface area contributed by atoms with Crippen LogP contribution in [-0.2, 0) is 12.8 Å². The second-order valence-electron chi connectivity index (χ2n) is 3.61. The number of rotatable bonds is 4. The number of thiophene rings is 1. The van der Waals surface area contributed by atoms with E-state index in [1.54, 1.807) is 22.7 Å². The molecule has 1 atom stereocenters. The first kappa shape index (κ1) is 12.2. The molecule has 86 valence electrons. The molecule has 0 bridgehead atoms. The lowest BCUT2D eigenvalue weighted by molar-refractivity contribution is 0.175. The molecule has 1 unspecified atom stereocenters. The number of thiazole rings is 1.